The van der Waals surface area contributed by atoms with Crippen LogP contribution in [0.5, 0.6) is 5.75 Å². The Bertz CT molecular complexity index is 814. The minimum absolute atomic E-state index is 0.0537. The summed E-state index contributed by atoms with van der Waals surface area (Å²) in [4.78, 5) is 16.4. The topological polar surface area (TPSA) is 79.4 Å². The highest BCUT2D eigenvalue weighted by atomic mass is 32.2. The predicted molar refractivity (Wildman–Crippen MR) is 109 cm³/mol. The van der Waals surface area contributed by atoms with Crippen LogP contribution in [0.25, 0.3) is 0 Å². The van der Waals surface area contributed by atoms with Gasteiger partial charge in [0.25, 0.3) is 0 Å². The van der Waals surface area contributed by atoms with Crippen LogP contribution in [0.1, 0.15) is 19.8 Å². The number of hydrogen-bond donors (Lipinski definition) is 0. The Balaban J connectivity index is 1.90. The third kappa shape index (κ3) is 4.91. The van der Waals surface area contributed by atoms with Crippen LogP contribution in [-0.4, -0.2) is 94.1 Å². The number of likely N-dealkylation sites (tertiary alicyclic amines) is 1. The van der Waals surface area contributed by atoms with E-state index in [9.17, 15) is 13.2 Å². The first-order valence-electron chi connectivity index (χ1n) is 10.1. The van der Waals surface area contributed by atoms with Crippen LogP contribution in [0.15, 0.2) is 29.2 Å². The number of benzene rings is 1. The molecule has 0 aliphatic carbocycles. The van der Waals surface area contributed by atoms with Crippen LogP contribution in [0, 0.1) is 0 Å². The van der Waals surface area contributed by atoms with Gasteiger partial charge in [-0.2, -0.15) is 4.31 Å². The number of rotatable bonds is 6. The minimum Gasteiger partial charge on any atom is -0.487 e. The molecule has 9 heteroatoms. The zero-order valence-electron chi connectivity index (χ0n) is 17.4. The molecule has 1 amide bonds. The average Bonchev–Trinajstić information content (AvgIpc) is 2.93. The van der Waals surface area contributed by atoms with E-state index in [1.165, 1.54) is 0 Å². The van der Waals surface area contributed by atoms with Gasteiger partial charge in [-0.3, -0.25) is 4.79 Å². The maximum Gasteiger partial charge on any atom is 0.248 e. The molecule has 8 nitrogen and oxygen atoms in total. The van der Waals surface area contributed by atoms with Gasteiger partial charge >= 0.3 is 0 Å². The van der Waals surface area contributed by atoms with Crippen molar-refractivity contribution in [1.82, 2.24) is 14.1 Å². The lowest BCUT2D eigenvalue weighted by molar-refractivity contribution is -0.136. The molecule has 0 bridgehead atoms. The molecule has 1 fully saturated rings. The number of nitrogens with zero attached hydrogens (tertiary/aromatic N) is 3. The lowest BCUT2D eigenvalue weighted by atomic mass is 10.1. The highest BCUT2D eigenvalue weighted by molar-refractivity contribution is 7.89. The molecule has 1 saturated heterocycles. The summed E-state index contributed by atoms with van der Waals surface area (Å²) in [5.74, 6) is 0.329. The van der Waals surface area contributed by atoms with E-state index >= 15 is 0 Å². The SMILES string of the molecule is CCOCC(=O)N1CC[C@@H]2[C@@H](CC1)Oc1ccccc1S(=O)(=O)N2CCN(C)C. The van der Waals surface area contributed by atoms with Crippen molar-refractivity contribution >= 4 is 15.9 Å². The van der Waals surface area contributed by atoms with E-state index in [0.29, 0.717) is 51.4 Å². The number of ether oxygens (including phenoxy) is 2. The molecule has 0 N–H and O–H groups in total. The second kappa shape index (κ2) is 9.42. The standard InChI is InChI=1S/C20H31N3O5S/c1-4-27-15-20(24)22-11-9-16-17(10-12-22)28-18-7-5-6-8-19(18)29(25,26)23(16)14-13-21(2)3/h5-8,16-17H,4,9-15H2,1-3H3/t16-,17-/m1/s1. The predicted octanol–water partition coefficient (Wildman–Crippen LogP) is 1.03. The van der Waals surface area contributed by atoms with Crippen LogP contribution < -0.4 is 4.74 Å². The lowest BCUT2D eigenvalue weighted by Crippen LogP contribution is -2.49. The van der Waals surface area contributed by atoms with Gasteiger partial charge in [0, 0.05) is 39.2 Å². The number of para-hydroxylation sites is 1. The molecular weight excluding hydrogens is 394 g/mol. The molecule has 2 aliphatic heterocycles. The minimum atomic E-state index is -3.70. The monoisotopic (exact) mass is 425 g/mol. The molecule has 0 spiro atoms. The number of carbonyl (C=O) groups excluding carboxylic acids is 1. The highest BCUT2D eigenvalue weighted by Gasteiger charge is 2.43. The van der Waals surface area contributed by atoms with E-state index in [4.69, 9.17) is 9.47 Å². The second-order valence-electron chi connectivity index (χ2n) is 7.68. The molecule has 1 aromatic rings. The molecule has 162 valence electrons. The molecule has 0 unspecified atom stereocenters. The summed E-state index contributed by atoms with van der Waals surface area (Å²) >= 11 is 0. The second-order valence-corrected chi connectivity index (χ2v) is 9.54. The van der Waals surface area contributed by atoms with Crippen LogP contribution in [-0.2, 0) is 19.6 Å². The quantitative estimate of drug-likeness (QED) is 0.677. The number of sulfonamides is 1. The fourth-order valence-corrected chi connectivity index (χ4v) is 5.66. The van der Waals surface area contributed by atoms with Crippen molar-refractivity contribution in [1.29, 1.82) is 0 Å². The molecular formula is C20H31N3O5S. The summed E-state index contributed by atoms with van der Waals surface area (Å²) in [6.45, 7) is 4.39. The van der Waals surface area contributed by atoms with Crippen LogP contribution >= 0.6 is 0 Å². The zero-order chi connectivity index (χ0) is 21.0. The van der Waals surface area contributed by atoms with Crippen LogP contribution in [0.3, 0.4) is 0 Å². The molecule has 2 aliphatic rings. The number of likely N-dealkylation sites (N-methyl/N-ethyl adjacent to an activating group) is 1. The number of fused-ring (bicyclic) bond motifs is 2. The van der Waals surface area contributed by atoms with Crippen molar-refractivity contribution in [3.05, 3.63) is 24.3 Å². The van der Waals surface area contributed by atoms with Crippen LogP contribution in [0.2, 0.25) is 0 Å². The van der Waals surface area contributed by atoms with Gasteiger partial charge in [-0.05, 0) is 39.6 Å². The van der Waals surface area contributed by atoms with Gasteiger partial charge in [0.05, 0.1) is 6.04 Å². The summed E-state index contributed by atoms with van der Waals surface area (Å²) in [6.07, 6.45) is 0.800. The first kappa shape index (κ1) is 22.0. The van der Waals surface area contributed by atoms with Gasteiger partial charge in [0.15, 0.2) is 0 Å². The Morgan fingerprint density at radius 1 is 1.24 bits per heavy atom. The summed E-state index contributed by atoms with van der Waals surface area (Å²) in [5, 5.41) is 0. The Labute approximate surface area is 173 Å². The summed E-state index contributed by atoms with van der Waals surface area (Å²) < 4.78 is 40.0. The number of carbonyl (C=O) groups is 1. The van der Waals surface area contributed by atoms with E-state index in [1.807, 2.05) is 25.9 Å². The first-order valence-corrected chi connectivity index (χ1v) is 11.6. The van der Waals surface area contributed by atoms with Gasteiger partial charge in [-0.15, -0.1) is 0 Å². The van der Waals surface area contributed by atoms with E-state index < -0.39 is 10.0 Å². The van der Waals surface area contributed by atoms with Crippen molar-refractivity contribution in [3.63, 3.8) is 0 Å². The third-order valence-electron chi connectivity index (χ3n) is 5.44. The van der Waals surface area contributed by atoms with Crippen molar-refractivity contribution in [3.8, 4) is 5.75 Å². The molecule has 2 atom stereocenters. The summed E-state index contributed by atoms with van der Waals surface area (Å²) in [5.41, 5.74) is 0. The Morgan fingerprint density at radius 2 is 1.97 bits per heavy atom. The van der Waals surface area contributed by atoms with Gasteiger partial charge in [-0.1, -0.05) is 12.1 Å². The lowest BCUT2D eigenvalue weighted by Gasteiger charge is -2.32. The fraction of sp³-hybridized carbons (Fsp3) is 0.650. The maximum atomic E-state index is 13.5. The molecule has 0 aromatic heterocycles. The van der Waals surface area contributed by atoms with Gasteiger partial charge < -0.3 is 19.3 Å². The Kier molecular flexibility index (Phi) is 7.15. The van der Waals surface area contributed by atoms with Crippen LogP contribution in [0.4, 0.5) is 0 Å². The maximum absolute atomic E-state index is 13.5. The number of hydrogen-bond acceptors (Lipinski definition) is 6. The molecule has 2 heterocycles. The summed E-state index contributed by atoms with van der Waals surface area (Å²) in [7, 11) is 0.148. The first-order chi connectivity index (χ1) is 13.8. The number of amides is 1. The largest absolute Gasteiger partial charge is 0.487 e. The van der Waals surface area contributed by atoms with E-state index in [-0.39, 0.29) is 29.6 Å². The third-order valence-corrected chi connectivity index (χ3v) is 7.41. The zero-order valence-corrected chi connectivity index (χ0v) is 18.2. The fourth-order valence-electron chi connectivity index (χ4n) is 3.87. The van der Waals surface area contributed by atoms with Crippen molar-refractivity contribution in [2.45, 2.75) is 36.8 Å². The molecule has 29 heavy (non-hydrogen) atoms. The van der Waals surface area contributed by atoms with E-state index in [1.54, 1.807) is 33.5 Å². The Hall–Kier alpha value is -1.68. The average molecular weight is 426 g/mol. The van der Waals surface area contributed by atoms with Crippen molar-refractivity contribution < 1.29 is 22.7 Å². The molecule has 3 rings (SSSR count). The molecule has 0 radical (unpaired) electrons. The van der Waals surface area contributed by atoms with Gasteiger partial charge in [-0.25, -0.2) is 8.42 Å². The summed E-state index contributed by atoms with van der Waals surface area (Å²) in [6, 6.07) is 6.50. The van der Waals surface area contributed by atoms with E-state index in [2.05, 4.69) is 0 Å². The Morgan fingerprint density at radius 3 is 2.69 bits per heavy atom. The normalized spacial score (nSPS) is 24.2. The van der Waals surface area contributed by atoms with Crippen molar-refractivity contribution in [2.24, 2.45) is 0 Å². The van der Waals surface area contributed by atoms with Gasteiger partial charge in [0.1, 0.15) is 23.4 Å². The van der Waals surface area contributed by atoms with Crippen molar-refractivity contribution in [2.75, 3.05) is 53.5 Å². The van der Waals surface area contributed by atoms with Gasteiger partial charge in [0.2, 0.25) is 15.9 Å². The highest BCUT2D eigenvalue weighted by Crippen LogP contribution is 2.36. The molecule has 1 aromatic carbocycles. The van der Waals surface area contributed by atoms with E-state index in [0.717, 1.165) is 0 Å². The molecule has 0 saturated carbocycles. The smallest absolute Gasteiger partial charge is 0.248 e.